The summed E-state index contributed by atoms with van der Waals surface area (Å²) >= 11 is 3.45. The zero-order valence-electron chi connectivity index (χ0n) is 25.5. The van der Waals surface area contributed by atoms with Gasteiger partial charge in [-0.05, 0) is 60.2 Å². The molecule has 43 heavy (non-hydrogen) atoms. The van der Waals surface area contributed by atoms with Gasteiger partial charge in [-0.25, -0.2) is 0 Å². The minimum atomic E-state index is -1.03. The number of aryl methyl sites for hydroxylation is 2. The highest BCUT2D eigenvalue weighted by Gasteiger charge is 2.67. The van der Waals surface area contributed by atoms with Crippen molar-refractivity contribution in [1.29, 1.82) is 21.0 Å². The van der Waals surface area contributed by atoms with E-state index in [1.807, 2.05) is 6.07 Å². The molecule has 2 aliphatic rings. The Hall–Kier alpha value is -3.42. The van der Waals surface area contributed by atoms with Crippen LogP contribution in [-0.2, 0) is 12.8 Å². The highest BCUT2D eigenvalue weighted by molar-refractivity contribution is 7.19. The summed E-state index contributed by atoms with van der Waals surface area (Å²) in [4.78, 5) is 3.68. The minimum absolute atomic E-state index is 0.136. The highest BCUT2D eigenvalue weighted by atomic mass is 32.1. The number of hydrogen-bond acceptors (Lipinski definition) is 6. The molecule has 2 unspecified atom stereocenters. The van der Waals surface area contributed by atoms with Gasteiger partial charge < -0.3 is 0 Å². The third-order valence-corrected chi connectivity index (χ3v) is 11.8. The van der Waals surface area contributed by atoms with Gasteiger partial charge in [-0.1, -0.05) is 84.1 Å². The molecule has 0 amide bonds. The van der Waals surface area contributed by atoms with E-state index in [0.29, 0.717) is 5.22 Å². The molecular formula is C37H40N4S2. The Bertz CT molecular complexity index is 1750. The fraction of sp³-hybridized carbons (Fsp3) is 0.514. The van der Waals surface area contributed by atoms with Gasteiger partial charge in [-0.2, -0.15) is 21.0 Å². The van der Waals surface area contributed by atoms with Gasteiger partial charge >= 0.3 is 0 Å². The van der Waals surface area contributed by atoms with Crippen LogP contribution in [0, 0.1) is 56.7 Å². The summed E-state index contributed by atoms with van der Waals surface area (Å²) in [5.74, 6) is -0.294. The van der Waals surface area contributed by atoms with Crippen molar-refractivity contribution in [2.45, 2.75) is 110 Å². The maximum atomic E-state index is 10.2. The van der Waals surface area contributed by atoms with Gasteiger partial charge in [0.25, 0.3) is 0 Å². The average Bonchev–Trinajstić information content (AvgIpc) is 3.26. The summed E-state index contributed by atoms with van der Waals surface area (Å²) < 4.78 is 0.969. The van der Waals surface area contributed by atoms with E-state index in [0.717, 1.165) is 57.0 Å². The second kappa shape index (κ2) is 13.9. The quantitative estimate of drug-likeness (QED) is 0.171. The van der Waals surface area contributed by atoms with E-state index in [2.05, 4.69) is 56.3 Å². The third-order valence-electron chi connectivity index (χ3n) is 9.31. The van der Waals surface area contributed by atoms with Crippen molar-refractivity contribution in [3.63, 3.8) is 0 Å². The number of nitriles is 4. The zero-order valence-corrected chi connectivity index (χ0v) is 27.1. The second-order valence-electron chi connectivity index (χ2n) is 12.2. The fourth-order valence-corrected chi connectivity index (χ4v) is 9.50. The summed E-state index contributed by atoms with van der Waals surface area (Å²) in [5, 5.41) is 43.1. The summed E-state index contributed by atoms with van der Waals surface area (Å²) in [7, 11) is 0. The molecule has 1 aromatic carbocycles. The summed E-state index contributed by atoms with van der Waals surface area (Å²) in [6, 6.07) is 15.7. The molecule has 0 N–H and O–H groups in total. The van der Waals surface area contributed by atoms with Crippen molar-refractivity contribution in [3.8, 4) is 35.4 Å². The number of thiophene rings is 2. The molecule has 6 heteroatoms. The first kappa shape index (κ1) is 31.0. The van der Waals surface area contributed by atoms with Crippen molar-refractivity contribution in [3.05, 3.63) is 43.3 Å². The number of rotatable bonds is 14. The number of hydrogen-bond donors (Lipinski definition) is 0. The van der Waals surface area contributed by atoms with Crippen LogP contribution in [0.2, 0.25) is 0 Å². The van der Waals surface area contributed by atoms with Gasteiger partial charge in [0.15, 0.2) is 5.41 Å². The Balaban J connectivity index is 1.60. The first-order chi connectivity index (χ1) is 21.1. The first-order valence-corrected chi connectivity index (χ1v) is 17.8. The highest BCUT2D eigenvalue weighted by Crippen LogP contribution is 2.68. The zero-order chi connectivity index (χ0) is 30.4. The smallest absolute Gasteiger partial charge is 0.159 e. The van der Waals surface area contributed by atoms with Crippen molar-refractivity contribution in [2.75, 3.05) is 0 Å². The normalized spacial score (nSPS) is 17.3. The van der Waals surface area contributed by atoms with Gasteiger partial charge in [0.05, 0.1) is 12.1 Å². The molecule has 0 aliphatic heterocycles. The molecule has 3 aromatic rings. The number of unbranched alkanes of at least 4 members (excludes halogenated alkanes) is 10. The monoisotopic (exact) mass is 604 g/mol. The Labute approximate surface area is 264 Å². The van der Waals surface area contributed by atoms with E-state index in [9.17, 15) is 21.0 Å². The topological polar surface area (TPSA) is 95.2 Å². The maximum absolute atomic E-state index is 10.2. The van der Waals surface area contributed by atoms with E-state index in [-0.39, 0.29) is 17.4 Å². The molecule has 0 bridgehead atoms. The molecule has 5 rings (SSSR count). The number of nitrogens with zero attached hydrogens (tertiary/aromatic N) is 4. The van der Waals surface area contributed by atoms with Gasteiger partial charge in [0, 0.05) is 41.8 Å². The van der Waals surface area contributed by atoms with Crippen molar-refractivity contribution >= 4 is 44.4 Å². The lowest BCUT2D eigenvalue weighted by Gasteiger charge is -2.07. The lowest BCUT2D eigenvalue weighted by atomic mass is 9.94. The number of fused-ring (bicyclic) bond motifs is 7. The lowest BCUT2D eigenvalue weighted by Crippen LogP contribution is -2.16. The summed E-state index contributed by atoms with van der Waals surface area (Å²) in [5.41, 5.74) is 1.22. The van der Waals surface area contributed by atoms with Crippen LogP contribution >= 0.6 is 22.7 Å². The van der Waals surface area contributed by atoms with E-state index < -0.39 is 5.41 Å². The Kier molecular flexibility index (Phi) is 10.0. The standard InChI is InChI=1S/C37H40N4S2/c1-3-5-7-9-11-13-15-26-17-31-30-20-33-34(37(33,23-40)24-41)36-32(18-27(43-36)16-14-12-10-8-6-4-2)29(30)19-28(35(31)42-26)25(21-38)22-39/h17-20,33-34H,3-16H2,1-2H3. The summed E-state index contributed by atoms with van der Waals surface area (Å²) in [6.45, 7) is 4.47. The van der Waals surface area contributed by atoms with Crippen molar-refractivity contribution < 1.29 is 0 Å². The van der Waals surface area contributed by atoms with E-state index in [1.165, 1.54) is 74.0 Å². The van der Waals surface area contributed by atoms with Crippen LogP contribution in [0.4, 0.5) is 0 Å². The Morgan fingerprint density at radius 2 is 1.30 bits per heavy atom. The molecular weight excluding hydrogens is 565 g/mol. The van der Waals surface area contributed by atoms with Gasteiger partial charge in [-0.3, -0.25) is 0 Å². The second-order valence-corrected chi connectivity index (χ2v) is 14.5. The maximum Gasteiger partial charge on any atom is 0.159 e. The molecule has 220 valence electrons. The van der Waals surface area contributed by atoms with Crippen LogP contribution < -0.4 is 10.4 Å². The predicted molar refractivity (Wildman–Crippen MR) is 178 cm³/mol. The Morgan fingerprint density at radius 3 is 1.88 bits per heavy atom. The third kappa shape index (κ3) is 6.02. The predicted octanol–water partition coefficient (Wildman–Crippen LogP) is 9.17. The van der Waals surface area contributed by atoms with Crippen LogP contribution in [0.1, 0.15) is 111 Å². The fourth-order valence-electron chi connectivity index (χ4n) is 6.82. The van der Waals surface area contributed by atoms with Crippen molar-refractivity contribution in [1.82, 2.24) is 0 Å². The molecule has 4 nitrogen and oxygen atoms in total. The number of benzene rings is 1. The summed E-state index contributed by atoms with van der Waals surface area (Å²) in [6.07, 6.45) is 19.0. The van der Waals surface area contributed by atoms with Crippen LogP contribution in [0.5, 0.6) is 0 Å². The average molecular weight is 605 g/mol. The van der Waals surface area contributed by atoms with Crippen LogP contribution in [0.15, 0.2) is 18.2 Å². The van der Waals surface area contributed by atoms with E-state index in [1.54, 1.807) is 22.7 Å². The lowest BCUT2D eigenvalue weighted by molar-refractivity contribution is 0.609. The van der Waals surface area contributed by atoms with Gasteiger partial charge in [0.2, 0.25) is 0 Å². The van der Waals surface area contributed by atoms with E-state index in [4.69, 9.17) is 0 Å². The molecule has 1 fully saturated rings. The SMILES string of the molecule is CCCCCCCCc1cc2c(s1)C1C(C=c3c-2cc(=C(C#N)C#N)c2sc(CCCCCCCC)cc32)C1(C#N)C#N. The largest absolute Gasteiger partial charge is 0.197 e. The molecule has 1 saturated carbocycles. The Morgan fingerprint density at radius 1 is 0.721 bits per heavy atom. The molecule has 0 radical (unpaired) electrons. The van der Waals surface area contributed by atoms with Crippen LogP contribution in [-0.4, -0.2) is 0 Å². The molecule has 2 atom stereocenters. The molecule has 0 spiro atoms. The van der Waals surface area contributed by atoms with Gasteiger partial charge in [-0.15, -0.1) is 22.7 Å². The van der Waals surface area contributed by atoms with Gasteiger partial charge in [0.1, 0.15) is 17.7 Å². The first-order valence-electron chi connectivity index (χ1n) is 16.1. The molecule has 2 aliphatic carbocycles. The minimum Gasteiger partial charge on any atom is -0.197 e. The molecule has 2 aromatic heterocycles. The van der Waals surface area contributed by atoms with E-state index >= 15 is 0 Å². The van der Waals surface area contributed by atoms with Crippen LogP contribution in [0.25, 0.3) is 32.9 Å². The van der Waals surface area contributed by atoms with Crippen LogP contribution in [0.3, 0.4) is 0 Å². The molecule has 0 saturated heterocycles. The molecule has 2 heterocycles. The van der Waals surface area contributed by atoms with Crippen molar-refractivity contribution in [2.24, 2.45) is 11.3 Å².